The number of hydrogen-bond donors (Lipinski definition) is 1. The fourth-order valence-corrected chi connectivity index (χ4v) is 2.78. The molecule has 0 atom stereocenters. The molecule has 2 heterocycles. The normalized spacial score (nSPS) is 16.5. The highest BCUT2D eigenvalue weighted by atomic mass is 79.9. The highest BCUT2D eigenvalue weighted by Crippen LogP contribution is 2.31. The molecule has 0 bridgehead atoms. The van der Waals surface area contributed by atoms with E-state index in [2.05, 4.69) is 36.1 Å². The average Bonchev–Trinajstić information content (AvgIpc) is 2.40. The average molecular weight is 348 g/mol. The second kappa shape index (κ2) is 6.52. The van der Waals surface area contributed by atoms with Crippen molar-refractivity contribution in [2.45, 2.75) is 19.8 Å². The smallest absolute Gasteiger partial charge is 0.216 e. The Morgan fingerprint density at radius 1 is 1.53 bits per heavy atom. The molecule has 1 aliphatic heterocycles. The summed E-state index contributed by atoms with van der Waals surface area (Å²) >= 11 is 9.40. The van der Waals surface area contributed by atoms with E-state index >= 15 is 0 Å². The summed E-state index contributed by atoms with van der Waals surface area (Å²) in [4.78, 5) is 21.3. The van der Waals surface area contributed by atoms with Crippen molar-refractivity contribution in [3.8, 4) is 0 Å². The van der Waals surface area contributed by atoms with E-state index < -0.39 is 0 Å². The van der Waals surface area contributed by atoms with Crippen LogP contribution in [0.2, 0.25) is 5.15 Å². The highest BCUT2D eigenvalue weighted by molar-refractivity contribution is 9.10. The number of carbonyl (C=O) groups is 1. The number of aromatic nitrogens is 2. The summed E-state index contributed by atoms with van der Waals surface area (Å²) in [6, 6.07) is 0. The van der Waals surface area contributed by atoms with E-state index in [0.717, 1.165) is 42.8 Å². The second-order valence-electron chi connectivity index (χ2n) is 4.67. The molecular weight excluding hydrogens is 332 g/mol. The van der Waals surface area contributed by atoms with Crippen molar-refractivity contribution >= 4 is 39.3 Å². The molecule has 1 fully saturated rings. The van der Waals surface area contributed by atoms with Gasteiger partial charge in [0.15, 0.2) is 0 Å². The van der Waals surface area contributed by atoms with Crippen molar-refractivity contribution in [2.75, 3.05) is 24.5 Å². The van der Waals surface area contributed by atoms with Crippen molar-refractivity contribution in [3.05, 3.63) is 16.0 Å². The van der Waals surface area contributed by atoms with Gasteiger partial charge in [-0.05, 0) is 34.7 Å². The third-order valence-electron chi connectivity index (χ3n) is 3.28. The van der Waals surface area contributed by atoms with Gasteiger partial charge in [-0.3, -0.25) is 4.79 Å². The van der Waals surface area contributed by atoms with Crippen molar-refractivity contribution in [1.82, 2.24) is 15.3 Å². The van der Waals surface area contributed by atoms with Crippen LogP contribution in [0.3, 0.4) is 0 Å². The Bertz CT molecular complexity index is 463. The van der Waals surface area contributed by atoms with E-state index in [-0.39, 0.29) is 5.91 Å². The predicted molar refractivity (Wildman–Crippen MR) is 78.4 cm³/mol. The molecule has 1 aromatic heterocycles. The van der Waals surface area contributed by atoms with Gasteiger partial charge in [0, 0.05) is 26.6 Å². The number of carbonyl (C=O) groups excluding carboxylic acids is 1. The van der Waals surface area contributed by atoms with Crippen LogP contribution in [0.15, 0.2) is 10.8 Å². The van der Waals surface area contributed by atoms with E-state index in [1.54, 1.807) is 6.92 Å². The maximum absolute atomic E-state index is 10.9. The largest absolute Gasteiger partial charge is 0.356 e. The molecule has 0 aromatic carbocycles. The Morgan fingerprint density at radius 3 is 2.84 bits per heavy atom. The zero-order valence-electron chi connectivity index (χ0n) is 10.7. The monoisotopic (exact) mass is 346 g/mol. The molecule has 1 saturated heterocycles. The van der Waals surface area contributed by atoms with Crippen LogP contribution in [0.1, 0.15) is 19.8 Å². The fourth-order valence-electron chi connectivity index (χ4n) is 2.20. The number of halogens is 2. The SMILES string of the molecule is CC(=O)NCC1CCN(c2ncnc(Cl)c2Br)CC1. The van der Waals surface area contributed by atoms with E-state index in [1.165, 1.54) is 6.33 Å². The van der Waals surface area contributed by atoms with Crippen LogP contribution in [0.4, 0.5) is 5.82 Å². The second-order valence-corrected chi connectivity index (χ2v) is 5.82. The zero-order valence-corrected chi connectivity index (χ0v) is 13.0. The minimum Gasteiger partial charge on any atom is -0.356 e. The number of hydrogen-bond acceptors (Lipinski definition) is 4. The third kappa shape index (κ3) is 3.79. The van der Waals surface area contributed by atoms with Crippen molar-refractivity contribution in [3.63, 3.8) is 0 Å². The zero-order chi connectivity index (χ0) is 13.8. The summed E-state index contributed by atoms with van der Waals surface area (Å²) < 4.78 is 0.747. The molecule has 1 aliphatic rings. The Balaban J connectivity index is 1.92. The lowest BCUT2D eigenvalue weighted by Crippen LogP contribution is -2.38. The summed E-state index contributed by atoms with van der Waals surface area (Å²) in [5.74, 6) is 1.42. The molecule has 7 heteroatoms. The summed E-state index contributed by atoms with van der Waals surface area (Å²) in [6.07, 6.45) is 3.55. The van der Waals surface area contributed by atoms with E-state index in [9.17, 15) is 4.79 Å². The maximum Gasteiger partial charge on any atom is 0.216 e. The first-order chi connectivity index (χ1) is 9.08. The quantitative estimate of drug-likeness (QED) is 0.852. The van der Waals surface area contributed by atoms with E-state index in [1.807, 2.05) is 0 Å². The summed E-state index contributed by atoms with van der Waals surface area (Å²) in [5, 5.41) is 3.31. The number of nitrogens with one attached hydrogen (secondary N) is 1. The van der Waals surface area contributed by atoms with E-state index in [4.69, 9.17) is 11.6 Å². The molecule has 0 unspecified atom stereocenters. The molecule has 19 heavy (non-hydrogen) atoms. The first kappa shape index (κ1) is 14.5. The number of nitrogens with zero attached hydrogens (tertiary/aromatic N) is 3. The Morgan fingerprint density at radius 2 is 2.21 bits per heavy atom. The molecule has 0 aliphatic carbocycles. The van der Waals surface area contributed by atoms with Crippen molar-refractivity contribution in [2.24, 2.45) is 5.92 Å². The fraction of sp³-hybridized carbons (Fsp3) is 0.583. The first-order valence-electron chi connectivity index (χ1n) is 6.23. The standard InChI is InChI=1S/C12H16BrClN4O/c1-8(19)15-6-9-2-4-18(5-3-9)12-10(13)11(14)16-7-17-12/h7,9H,2-6H2,1H3,(H,15,19). The lowest BCUT2D eigenvalue weighted by molar-refractivity contribution is -0.119. The molecule has 1 aromatic rings. The summed E-state index contributed by atoms with van der Waals surface area (Å²) in [5.41, 5.74) is 0. The van der Waals surface area contributed by atoms with Crippen LogP contribution in [-0.2, 0) is 4.79 Å². The van der Waals surface area contributed by atoms with Crippen LogP contribution in [0.25, 0.3) is 0 Å². The highest BCUT2D eigenvalue weighted by Gasteiger charge is 2.22. The molecule has 0 radical (unpaired) electrons. The van der Waals surface area contributed by atoms with Crippen molar-refractivity contribution in [1.29, 1.82) is 0 Å². The number of amides is 1. The number of anilines is 1. The van der Waals surface area contributed by atoms with Gasteiger partial charge < -0.3 is 10.2 Å². The summed E-state index contributed by atoms with van der Waals surface area (Å²) in [7, 11) is 0. The lowest BCUT2D eigenvalue weighted by atomic mass is 9.97. The van der Waals surface area contributed by atoms with Crippen molar-refractivity contribution < 1.29 is 4.79 Å². The summed E-state index contributed by atoms with van der Waals surface area (Å²) in [6.45, 7) is 4.14. The first-order valence-corrected chi connectivity index (χ1v) is 7.40. The number of piperidine rings is 1. The van der Waals surface area contributed by atoms with Gasteiger partial charge in [0.05, 0.1) is 4.47 Å². The van der Waals surface area contributed by atoms with Gasteiger partial charge >= 0.3 is 0 Å². The molecule has 1 amide bonds. The van der Waals surface area contributed by atoms with Gasteiger partial charge in [-0.25, -0.2) is 9.97 Å². The molecule has 0 saturated carbocycles. The van der Waals surface area contributed by atoms with Crippen LogP contribution in [0, 0.1) is 5.92 Å². The van der Waals surface area contributed by atoms with Gasteiger partial charge in [-0.15, -0.1) is 0 Å². The third-order valence-corrected chi connectivity index (χ3v) is 4.53. The minimum absolute atomic E-state index is 0.0350. The molecule has 2 rings (SSSR count). The van der Waals surface area contributed by atoms with Gasteiger partial charge in [0.25, 0.3) is 0 Å². The van der Waals surface area contributed by atoms with Crippen LogP contribution < -0.4 is 10.2 Å². The maximum atomic E-state index is 10.9. The molecule has 1 N–H and O–H groups in total. The Hall–Kier alpha value is -0.880. The minimum atomic E-state index is 0.0350. The molecule has 104 valence electrons. The molecular formula is C12H16BrClN4O. The van der Waals surface area contributed by atoms with Crippen LogP contribution in [-0.4, -0.2) is 35.5 Å². The number of rotatable bonds is 3. The van der Waals surface area contributed by atoms with Gasteiger partial charge in [0.2, 0.25) is 5.91 Å². The predicted octanol–water partition coefficient (Wildman–Crippen LogP) is 2.25. The molecule has 0 spiro atoms. The van der Waals surface area contributed by atoms with Gasteiger partial charge in [-0.1, -0.05) is 11.6 Å². The Labute approximate surface area is 125 Å². The Kier molecular flexibility index (Phi) is 4.99. The van der Waals surface area contributed by atoms with E-state index in [0.29, 0.717) is 11.1 Å². The topological polar surface area (TPSA) is 58.1 Å². The van der Waals surface area contributed by atoms with Gasteiger partial charge in [0.1, 0.15) is 17.3 Å². The van der Waals surface area contributed by atoms with Crippen LogP contribution in [0.5, 0.6) is 0 Å². The molecule has 5 nitrogen and oxygen atoms in total. The van der Waals surface area contributed by atoms with Crippen LogP contribution >= 0.6 is 27.5 Å². The van der Waals surface area contributed by atoms with Gasteiger partial charge in [-0.2, -0.15) is 0 Å². The lowest BCUT2D eigenvalue weighted by Gasteiger charge is -2.33.